The number of aromatic nitrogens is 1. The molecule has 2 N–H and O–H groups in total. The number of aliphatic hydroxyl groups is 1. The normalized spacial score (nSPS) is 23.2. The minimum atomic E-state index is -4.39. The zero-order valence-electron chi connectivity index (χ0n) is 26.1. The van der Waals surface area contributed by atoms with Crippen molar-refractivity contribution >= 4 is 50.8 Å². The van der Waals surface area contributed by atoms with Gasteiger partial charge in [-0.2, -0.15) is 35.5 Å². The van der Waals surface area contributed by atoms with E-state index in [0.717, 1.165) is 37.0 Å². The summed E-state index contributed by atoms with van der Waals surface area (Å²) in [6, 6.07) is 10.1. The lowest BCUT2D eigenvalue weighted by Gasteiger charge is -2.56. The van der Waals surface area contributed by atoms with Crippen molar-refractivity contribution in [3.8, 4) is 0 Å². The van der Waals surface area contributed by atoms with Gasteiger partial charge in [-0.25, -0.2) is 4.39 Å². The van der Waals surface area contributed by atoms with Crippen molar-refractivity contribution in [2.24, 2.45) is 5.41 Å². The van der Waals surface area contributed by atoms with E-state index in [9.17, 15) is 27.9 Å². The van der Waals surface area contributed by atoms with Gasteiger partial charge in [0.25, 0.3) is 0 Å². The van der Waals surface area contributed by atoms with Crippen LogP contribution in [0.2, 0.25) is 0 Å². The molecule has 2 aliphatic heterocycles. The Balaban J connectivity index is 0.00000116. The Kier molecular flexibility index (Phi) is 11.9. The number of rotatable bonds is 4. The Morgan fingerprint density at radius 1 is 1.04 bits per heavy atom. The molecule has 246 valence electrons. The second-order valence-corrected chi connectivity index (χ2v) is 12.1. The van der Waals surface area contributed by atoms with Crippen LogP contribution in [0.25, 0.3) is 10.9 Å². The summed E-state index contributed by atoms with van der Waals surface area (Å²) in [5.41, 5.74) is 3.60. The van der Waals surface area contributed by atoms with Gasteiger partial charge in [0.1, 0.15) is 11.4 Å². The summed E-state index contributed by atoms with van der Waals surface area (Å²) in [6.07, 6.45) is 2.17. The third kappa shape index (κ3) is 7.28. The van der Waals surface area contributed by atoms with Crippen molar-refractivity contribution in [2.45, 2.75) is 89.5 Å². The molecule has 2 aromatic carbocycles. The van der Waals surface area contributed by atoms with Gasteiger partial charge in [0.15, 0.2) is 5.70 Å². The first-order chi connectivity index (χ1) is 22.0. The fourth-order valence-electron chi connectivity index (χ4n) is 7.34. The molecule has 2 saturated heterocycles. The zero-order valence-corrected chi connectivity index (χ0v) is 28.3. The Hall–Kier alpha value is -2.58. The molecule has 1 aromatic heterocycles. The second-order valence-electron chi connectivity index (χ2n) is 12.1. The molecule has 1 aliphatic carbocycles. The summed E-state index contributed by atoms with van der Waals surface area (Å²) < 4.78 is 55.6. The summed E-state index contributed by atoms with van der Waals surface area (Å²) in [5, 5.41) is 15.0. The third-order valence-electron chi connectivity index (χ3n) is 9.60. The molecule has 3 heterocycles. The molecule has 1 saturated carbocycles. The minimum absolute atomic E-state index is 0.197. The summed E-state index contributed by atoms with van der Waals surface area (Å²) in [7, 11) is 0. The summed E-state index contributed by atoms with van der Waals surface area (Å²) in [6.45, 7) is 5.39. The third-order valence-corrected chi connectivity index (χ3v) is 9.60. The highest BCUT2D eigenvalue weighted by atomic mass is 127. The minimum Gasteiger partial charge on any atom is -0.384 e. The van der Waals surface area contributed by atoms with E-state index in [1.807, 2.05) is 13.8 Å². The first-order valence-corrected chi connectivity index (χ1v) is 17.0. The summed E-state index contributed by atoms with van der Waals surface area (Å²) >= 11 is 1.65. The maximum Gasteiger partial charge on any atom is 0.416 e. The summed E-state index contributed by atoms with van der Waals surface area (Å²) in [4.78, 5) is 30.6. The second kappa shape index (κ2) is 15.1. The number of piperidine rings is 2. The predicted octanol–water partition coefficient (Wildman–Crippen LogP) is 7.49. The van der Waals surface area contributed by atoms with Crippen LogP contribution in [0.3, 0.4) is 0 Å². The van der Waals surface area contributed by atoms with E-state index in [0.29, 0.717) is 50.0 Å². The number of likely N-dealkylation sites (tertiary alicyclic amines) is 1. The SMILES string of the molecule is CC.O=C1CCC(c2cnc3ccc(C4(O)CCN(Cc5ccc(C(F)(F)F)cc5)CC45CCCCC5)c(F)c3c2)C(=O)N1.[B]I. The average Bonchev–Trinajstić information content (AvgIpc) is 3.05. The number of nitrogens with one attached hydrogen (secondary N) is 1. The number of hydrogen-bond donors (Lipinski definition) is 2. The molecule has 6 nitrogen and oxygen atoms in total. The monoisotopic (exact) mass is 751 g/mol. The number of amides is 2. The molecule has 3 fully saturated rings. The molecule has 46 heavy (non-hydrogen) atoms. The molecular weight excluding hydrogens is 712 g/mol. The van der Waals surface area contributed by atoms with Crippen LogP contribution in [-0.2, 0) is 27.9 Å². The zero-order chi connectivity index (χ0) is 33.7. The number of imide groups is 1. The maximum absolute atomic E-state index is 16.5. The number of carbonyl (C=O) groups excluding carboxylic acids is 2. The molecule has 2 unspecified atom stereocenters. The maximum atomic E-state index is 16.5. The van der Waals surface area contributed by atoms with Crippen LogP contribution >= 0.6 is 22.4 Å². The topological polar surface area (TPSA) is 82.5 Å². The molecule has 2 radical (unpaired) electrons. The van der Waals surface area contributed by atoms with Gasteiger partial charge in [0, 0.05) is 48.6 Å². The van der Waals surface area contributed by atoms with E-state index in [-0.39, 0.29) is 29.7 Å². The van der Waals surface area contributed by atoms with Crippen LogP contribution in [0, 0.1) is 11.2 Å². The predicted molar refractivity (Wildman–Crippen MR) is 179 cm³/mol. The van der Waals surface area contributed by atoms with Gasteiger partial charge in [0.2, 0.25) is 11.8 Å². The van der Waals surface area contributed by atoms with Crippen LogP contribution in [-0.4, -0.2) is 45.6 Å². The van der Waals surface area contributed by atoms with Crippen LogP contribution < -0.4 is 5.32 Å². The first kappa shape index (κ1) is 36.3. The Labute approximate surface area is 282 Å². The molecule has 3 aromatic rings. The van der Waals surface area contributed by atoms with Crippen LogP contribution in [0.4, 0.5) is 17.6 Å². The molecular formula is C34H39BF4IN3O3. The molecule has 2 atom stereocenters. The lowest BCUT2D eigenvalue weighted by Crippen LogP contribution is -2.58. The van der Waals surface area contributed by atoms with Gasteiger partial charge in [-0.15, -0.1) is 0 Å². The largest absolute Gasteiger partial charge is 0.416 e. The highest BCUT2D eigenvalue weighted by Gasteiger charge is 2.55. The van der Waals surface area contributed by atoms with E-state index in [4.69, 9.17) is 0 Å². The number of alkyl halides is 3. The van der Waals surface area contributed by atoms with Crippen molar-refractivity contribution in [1.82, 2.24) is 15.2 Å². The van der Waals surface area contributed by atoms with E-state index in [1.165, 1.54) is 12.1 Å². The Morgan fingerprint density at radius 3 is 2.35 bits per heavy atom. The number of benzene rings is 2. The van der Waals surface area contributed by atoms with E-state index < -0.39 is 40.4 Å². The smallest absolute Gasteiger partial charge is 0.384 e. The van der Waals surface area contributed by atoms with Crippen molar-refractivity contribution in [1.29, 1.82) is 0 Å². The lowest BCUT2D eigenvalue weighted by molar-refractivity contribution is -0.161. The fourth-order valence-corrected chi connectivity index (χ4v) is 7.34. The Morgan fingerprint density at radius 2 is 1.72 bits per heavy atom. The molecule has 2 amide bonds. The Bertz CT molecular complexity index is 1530. The number of halogens is 5. The number of carbonyl (C=O) groups is 2. The van der Waals surface area contributed by atoms with Gasteiger partial charge in [-0.05, 0) is 61.1 Å². The van der Waals surface area contributed by atoms with Crippen molar-refractivity contribution in [3.63, 3.8) is 0 Å². The standard InChI is InChI=1S/C32H33F4N3O3.C2H6.BI/c33-28-24-16-21(23-8-11-27(40)38-29(23)41)17-37-26(24)10-9-25(28)31(42)14-15-39(19-30(31)12-2-1-3-13-30)18-20-4-6-22(7-5-20)32(34,35)36;2*1-2/h4-7,9-10,16-17,23,42H,1-3,8,11-15,18-19H2,(H,38,40,41);1-2H3;. The van der Waals surface area contributed by atoms with E-state index in [2.05, 4.69) is 20.9 Å². The average molecular weight is 751 g/mol. The highest BCUT2D eigenvalue weighted by Crippen LogP contribution is 2.55. The van der Waals surface area contributed by atoms with Crippen LogP contribution in [0.1, 0.15) is 93.4 Å². The summed E-state index contributed by atoms with van der Waals surface area (Å²) in [5.74, 6) is -1.92. The number of nitrogens with zero attached hydrogens (tertiary/aromatic N) is 2. The molecule has 0 bridgehead atoms. The van der Waals surface area contributed by atoms with Crippen LogP contribution in [0.15, 0.2) is 48.7 Å². The van der Waals surface area contributed by atoms with Crippen molar-refractivity contribution in [2.75, 3.05) is 13.1 Å². The quantitative estimate of drug-likeness (QED) is 0.125. The van der Waals surface area contributed by atoms with Gasteiger partial charge in [0.05, 0.1) is 17.0 Å². The van der Waals surface area contributed by atoms with Gasteiger partial charge >= 0.3 is 6.18 Å². The van der Waals surface area contributed by atoms with E-state index in [1.54, 1.807) is 46.8 Å². The molecule has 1 spiro atoms. The van der Waals surface area contributed by atoms with Crippen LogP contribution in [0.5, 0.6) is 0 Å². The highest BCUT2D eigenvalue weighted by molar-refractivity contribution is 14.1. The van der Waals surface area contributed by atoms with Crippen molar-refractivity contribution in [3.05, 3.63) is 76.7 Å². The number of hydrogen-bond acceptors (Lipinski definition) is 5. The lowest BCUT2D eigenvalue weighted by atomic mass is 9.57. The fraction of sp³-hybridized carbons (Fsp3) is 0.500. The van der Waals surface area contributed by atoms with Gasteiger partial charge < -0.3 is 5.11 Å². The van der Waals surface area contributed by atoms with E-state index >= 15 is 4.39 Å². The molecule has 12 heteroatoms. The van der Waals surface area contributed by atoms with Crippen molar-refractivity contribution < 1.29 is 32.3 Å². The number of pyridine rings is 1. The molecule has 6 rings (SSSR count). The molecule has 3 aliphatic rings. The van der Waals surface area contributed by atoms with Gasteiger partial charge in [-0.1, -0.05) is 51.3 Å². The number of fused-ring (bicyclic) bond motifs is 1. The van der Waals surface area contributed by atoms with Gasteiger partial charge in [-0.3, -0.25) is 24.8 Å². The first-order valence-electron chi connectivity index (χ1n) is 15.7.